The van der Waals surface area contributed by atoms with Gasteiger partial charge in [-0.3, -0.25) is 0 Å². The number of rotatable bonds is 18. The second-order valence-electron chi connectivity index (χ2n) is 11.8. The molecular weight excluding hydrogens is 414 g/mol. The van der Waals surface area contributed by atoms with Crippen LogP contribution in [0, 0.1) is 23.7 Å². The predicted molar refractivity (Wildman–Crippen MR) is 142 cm³/mol. The quantitative estimate of drug-likeness (QED) is 0.197. The van der Waals surface area contributed by atoms with Crippen molar-refractivity contribution >= 4 is 12.4 Å². The number of nitrogens with one attached hydrogen (secondary N) is 1. The molecule has 0 heterocycles. The summed E-state index contributed by atoms with van der Waals surface area (Å²) in [6.45, 7) is 2.30. The van der Waals surface area contributed by atoms with Crippen molar-refractivity contribution in [1.29, 1.82) is 0 Å². The molecule has 0 radical (unpaired) electrons. The first-order valence-corrected chi connectivity index (χ1v) is 14.5. The van der Waals surface area contributed by atoms with E-state index in [1.165, 1.54) is 122 Å². The summed E-state index contributed by atoms with van der Waals surface area (Å²) in [4.78, 5) is 0. The Kier molecular flexibility index (Phi) is 13.6. The number of unbranched alkanes of at least 4 members (excludes halogenated alkanes) is 13. The van der Waals surface area contributed by atoms with Gasteiger partial charge >= 0.3 is 0 Å². The first kappa shape index (κ1) is 28.4. The molecule has 0 aromatic rings. The van der Waals surface area contributed by atoms with Gasteiger partial charge in [0.1, 0.15) is 0 Å². The van der Waals surface area contributed by atoms with Crippen molar-refractivity contribution < 1.29 is 5.11 Å². The molecular formula is C29H56ClNO. The van der Waals surface area contributed by atoms with Gasteiger partial charge in [0.25, 0.3) is 0 Å². The first-order chi connectivity index (χ1) is 15.2. The van der Waals surface area contributed by atoms with Gasteiger partial charge in [-0.05, 0) is 75.7 Å². The summed E-state index contributed by atoms with van der Waals surface area (Å²) < 4.78 is 0. The molecule has 4 aliphatic rings. The summed E-state index contributed by atoms with van der Waals surface area (Å²) in [6, 6.07) is 0. The van der Waals surface area contributed by atoms with E-state index in [-0.39, 0.29) is 24.0 Å². The fourth-order valence-electron chi connectivity index (χ4n) is 7.94. The minimum atomic E-state index is -0.0951. The van der Waals surface area contributed by atoms with Crippen molar-refractivity contribution in [1.82, 2.24) is 5.32 Å². The molecule has 4 bridgehead atoms. The van der Waals surface area contributed by atoms with Crippen LogP contribution in [0.4, 0.5) is 0 Å². The van der Waals surface area contributed by atoms with E-state index >= 15 is 0 Å². The van der Waals surface area contributed by atoms with Gasteiger partial charge in [-0.2, -0.15) is 0 Å². The van der Waals surface area contributed by atoms with E-state index in [1.54, 1.807) is 0 Å². The van der Waals surface area contributed by atoms with Gasteiger partial charge < -0.3 is 10.4 Å². The number of aliphatic hydroxyl groups is 1. The largest absolute Gasteiger partial charge is 0.393 e. The zero-order chi connectivity index (χ0) is 21.9. The molecule has 32 heavy (non-hydrogen) atoms. The van der Waals surface area contributed by atoms with Crippen LogP contribution in [0.5, 0.6) is 0 Å². The Bertz CT molecular complexity index is 454. The maximum atomic E-state index is 10.9. The van der Waals surface area contributed by atoms with E-state index in [0.717, 1.165) is 36.5 Å². The molecule has 1 unspecified atom stereocenters. The third-order valence-corrected chi connectivity index (χ3v) is 9.52. The molecule has 0 spiro atoms. The van der Waals surface area contributed by atoms with Crippen LogP contribution in [0.25, 0.3) is 0 Å². The molecule has 0 saturated heterocycles. The zero-order valence-corrected chi connectivity index (χ0v) is 22.4. The van der Waals surface area contributed by atoms with E-state index in [0.29, 0.717) is 0 Å². The highest BCUT2D eigenvalue weighted by Gasteiger charge is 2.56. The molecule has 4 saturated carbocycles. The maximum absolute atomic E-state index is 10.9. The van der Waals surface area contributed by atoms with Gasteiger partial charge in [0.05, 0.1) is 6.10 Å². The molecule has 2 N–H and O–H groups in total. The Balaban J connectivity index is 0.00000363. The summed E-state index contributed by atoms with van der Waals surface area (Å²) >= 11 is 0. The Morgan fingerprint density at radius 1 is 0.688 bits per heavy atom. The van der Waals surface area contributed by atoms with Crippen LogP contribution in [0.2, 0.25) is 0 Å². The van der Waals surface area contributed by atoms with Gasteiger partial charge in [0.2, 0.25) is 0 Å². The van der Waals surface area contributed by atoms with Crippen molar-refractivity contribution in [2.24, 2.45) is 23.7 Å². The molecule has 0 aromatic carbocycles. The van der Waals surface area contributed by atoms with Crippen LogP contribution in [0.15, 0.2) is 0 Å². The second-order valence-corrected chi connectivity index (χ2v) is 11.8. The van der Waals surface area contributed by atoms with Gasteiger partial charge in [0.15, 0.2) is 0 Å². The van der Waals surface area contributed by atoms with Crippen LogP contribution in [0.3, 0.4) is 0 Å². The van der Waals surface area contributed by atoms with Crippen molar-refractivity contribution in [2.75, 3.05) is 7.05 Å². The third kappa shape index (κ3) is 8.16. The highest BCUT2D eigenvalue weighted by atomic mass is 35.5. The topological polar surface area (TPSA) is 32.3 Å². The maximum Gasteiger partial charge on any atom is 0.0558 e. The molecule has 0 aliphatic heterocycles. The minimum absolute atomic E-state index is 0. The predicted octanol–water partition coefficient (Wildman–Crippen LogP) is 8.44. The molecule has 4 fully saturated rings. The monoisotopic (exact) mass is 469 g/mol. The van der Waals surface area contributed by atoms with E-state index in [2.05, 4.69) is 19.3 Å². The van der Waals surface area contributed by atoms with Crippen molar-refractivity contribution in [3.05, 3.63) is 0 Å². The molecule has 2 nitrogen and oxygen atoms in total. The number of halogens is 1. The molecule has 0 aromatic heterocycles. The van der Waals surface area contributed by atoms with Crippen LogP contribution in [-0.4, -0.2) is 23.8 Å². The van der Waals surface area contributed by atoms with Gasteiger partial charge in [-0.15, -0.1) is 12.4 Å². The fraction of sp³-hybridized carbons (Fsp3) is 1.00. The molecule has 190 valence electrons. The molecule has 0 amide bonds. The molecule has 4 rings (SSSR count). The standard InChI is InChI=1S/C29H55NO.ClH/c1-3-4-5-6-7-8-9-10-11-12-13-14-15-16-17-28(31)23-29(30-2)26-19-24-18-25(21-26)22-27(29)20-24;/h24-28,30-31H,3-23H2,1-2H3;1H. The lowest BCUT2D eigenvalue weighted by atomic mass is 9.47. The SMILES string of the molecule is CCCCCCCCCCCCCCCCC(O)CC1(NC)C2CC3CC(C2)CC1C3.Cl. The van der Waals surface area contributed by atoms with Gasteiger partial charge in [-0.25, -0.2) is 0 Å². The Labute approximate surface area is 206 Å². The number of hydrogen-bond donors (Lipinski definition) is 2. The van der Waals surface area contributed by atoms with E-state index in [1.807, 2.05) is 0 Å². The van der Waals surface area contributed by atoms with Crippen LogP contribution >= 0.6 is 12.4 Å². The molecule has 3 heteroatoms. The lowest BCUT2D eigenvalue weighted by Gasteiger charge is -2.62. The summed E-state index contributed by atoms with van der Waals surface area (Å²) in [5.41, 5.74) is 0.253. The third-order valence-electron chi connectivity index (χ3n) is 9.52. The number of aliphatic hydroxyl groups excluding tert-OH is 1. The second kappa shape index (κ2) is 15.3. The highest BCUT2D eigenvalue weighted by Crippen LogP contribution is 2.59. The summed E-state index contributed by atoms with van der Waals surface area (Å²) in [6.07, 6.45) is 28.8. The molecule has 1 atom stereocenters. The fourth-order valence-corrected chi connectivity index (χ4v) is 7.94. The average Bonchev–Trinajstić information content (AvgIpc) is 2.76. The van der Waals surface area contributed by atoms with Crippen LogP contribution in [0.1, 0.15) is 142 Å². The normalized spacial score (nSPS) is 31.6. The Morgan fingerprint density at radius 3 is 1.50 bits per heavy atom. The van der Waals surface area contributed by atoms with Crippen molar-refractivity contribution in [3.8, 4) is 0 Å². The van der Waals surface area contributed by atoms with Crippen molar-refractivity contribution in [3.63, 3.8) is 0 Å². The van der Waals surface area contributed by atoms with Crippen LogP contribution in [-0.2, 0) is 0 Å². The van der Waals surface area contributed by atoms with Gasteiger partial charge in [0, 0.05) is 5.54 Å². The lowest BCUT2D eigenvalue weighted by Crippen LogP contribution is -2.65. The summed E-state index contributed by atoms with van der Waals surface area (Å²) in [7, 11) is 2.18. The smallest absolute Gasteiger partial charge is 0.0558 e. The highest BCUT2D eigenvalue weighted by molar-refractivity contribution is 5.85. The van der Waals surface area contributed by atoms with E-state index < -0.39 is 0 Å². The number of hydrogen-bond acceptors (Lipinski definition) is 2. The zero-order valence-electron chi connectivity index (χ0n) is 21.6. The Hall–Kier alpha value is 0.210. The molecule has 4 aliphatic carbocycles. The summed E-state index contributed by atoms with van der Waals surface area (Å²) in [5, 5.41) is 14.7. The minimum Gasteiger partial charge on any atom is -0.393 e. The Morgan fingerprint density at radius 2 is 1.09 bits per heavy atom. The van der Waals surface area contributed by atoms with E-state index in [4.69, 9.17) is 0 Å². The van der Waals surface area contributed by atoms with Crippen molar-refractivity contribution in [2.45, 2.75) is 153 Å². The lowest BCUT2D eigenvalue weighted by molar-refractivity contribution is -0.0894. The van der Waals surface area contributed by atoms with E-state index in [9.17, 15) is 5.11 Å². The first-order valence-electron chi connectivity index (χ1n) is 14.5. The van der Waals surface area contributed by atoms with Gasteiger partial charge in [-0.1, -0.05) is 96.8 Å². The average molecular weight is 470 g/mol. The summed E-state index contributed by atoms with van der Waals surface area (Å²) in [5.74, 6) is 3.68. The van der Waals surface area contributed by atoms with Crippen LogP contribution < -0.4 is 5.32 Å².